The van der Waals surface area contributed by atoms with Crippen LogP contribution >= 0.6 is 15.9 Å². The lowest BCUT2D eigenvalue weighted by Crippen LogP contribution is -1.91. The molecule has 1 aromatic carbocycles. The summed E-state index contributed by atoms with van der Waals surface area (Å²) < 4.78 is 11.5. The molecule has 0 N–H and O–H groups in total. The largest absolute Gasteiger partial charge is 0.495 e. The number of rotatable bonds is 4. The molecule has 0 aliphatic carbocycles. The Kier molecular flexibility index (Phi) is 3.96. The van der Waals surface area contributed by atoms with E-state index in [0.29, 0.717) is 23.9 Å². The molecule has 0 saturated heterocycles. The molecule has 3 aromatic rings. The maximum atomic E-state index is 5.28. The number of halogens is 1. The van der Waals surface area contributed by atoms with Crippen molar-refractivity contribution in [3.05, 3.63) is 58.6 Å². The molecular formula is C15H12BrN3O2. The van der Waals surface area contributed by atoms with Crippen LogP contribution in [-0.2, 0) is 6.42 Å². The van der Waals surface area contributed by atoms with E-state index in [9.17, 15) is 0 Å². The van der Waals surface area contributed by atoms with Crippen LogP contribution in [0, 0.1) is 0 Å². The van der Waals surface area contributed by atoms with Gasteiger partial charge in [0.2, 0.25) is 0 Å². The maximum Gasteiger partial charge on any atom is 0.259 e. The molecule has 0 bridgehead atoms. The fraction of sp³-hybridized carbons (Fsp3) is 0.133. The van der Waals surface area contributed by atoms with Gasteiger partial charge in [-0.15, -0.1) is 0 Å². The molecule has 2 aromatic heterocycles. The van der Waals surface area contributed by atoms with E-state index < -0.39 is 0 Å². The van der Waals surface area contributed by atoms with Crippen molar-refractivity contribution in [2.45, 2.75) is 6.42 Å². The summed E-state index contributed by atoms with van der Waals surface area (Å²) in [5.74, 6) is 1.73. The Bertz CT molecular complexity index is 741. The number of aromatic nitrogens is 3. The van der Waals surface area contributed by atoms with Gasteiger partial charge in [-0.3, -0.25) is 4.98 Å². The summed E-state index contributed by atoms with van der Waals surface area (Å²) in [6.07, 6.45) is 3.91. The van der Waals surface area contributed by atoms with Gasteiger partial charge in [-0.2, -0.15) is 4.98 Å². The van der Waals surface area contributed by atoms with Crippen LogP contribution in [0.5, 0.6) is 5.75 Å². The molecule has 3 rings (SSSR count). The van der Waals surface area contributed by atoms with Gasteiger partial charge in [0.05, 0.1) is 18.9 Å². The van der Waals surface area contributed by atoms with Crippen LogP contribution in [-0.4, -0.2) is 22.2 Å². The third-order valence-electron chi connectivity index (χ3n) is 2.94. The Morgan fingerprint density at radius 3 is 2.76 bits per heavy atom. The maximum absolute atomic E-state index is 5.28. The van der Waals surface area contributed by atoms with Crippen LogP contribution in [0.15, 0.2) is 51.7 Å². The summed E-state index contributed by atoms with van der Waals surface area (Å²) in [7, 11) is 1.59. The number of hydrogen-bond donors (Lipinski definition) is 0. The quantitative estimate of drug-likeness (QED) is 0.724. The molecular weight excluding hydrogens is 334 g/mol. The van der Waals surface area contributed by atoms with Crippen LogP contribution in [0.1, 0.15) is 11.4 Å². The molecule has 2 heterocycles. The smallest absolute Gasteiger partial charge is 0.259 e. The molecule has 21 heavy (non-hydrogen) atoms. The van der Waals surface area contributed by atoms with Gasteiger partial charge in [-0.25, -0.2) is 0 Å². The zero-order valence-corrected chi connectivity index (χ0v) is 12.9. The lowest BCUT2D eigenvalue weighted by molar-refractivity contribution is 0.410. The number of ether oxygens (including phenoxy) is 1. The highest BCUT2D eigenvalue weighted by atomic mass is 79.9. The highest BCUT2D eigenvalue weighted by molar-refractivity contribution is 9.10. The molecule has 0 spiro atoms. The van der Waals surface area contributed by atoms with E-state index in [2.05, 4.69) is 31.1 Å². The Morgan fingerprint density at radius 2 is 2.00 bits per heavy atom. The first-order chi connectivity index (χ1) is 10.2. The van der Waals surface area contributed by atoms with Crippen molar-refractivity contribution in [1.29, 1.82) is 0 Å². The van der Waals surface area contributed by atoms with Crippen LogP contribution in [0.25, 0.3) is 11.5 Å². The molecule has 5 nitrogen and oxygen atoms in total. The third kappa shape index (κ3) is 3.28. The highest BCUT2D eigenvalue weighted by Crippen LogP contribution is 2.21. The van der Waals surface area contributed by atoms with E-state index in [4.69, 9.17) is 9.26 Å². The molecule has 0 amide bonds. The minimum Gasteiger partial charge on any atom is -0.495 e. The van der Waals surface area contributed by atoms with Crippen molar-refractivity contribution in [2.75, 3.05) is 7.11 Å². The first-order valence-electron chi connectivity index (χ1n) is 6.31. The van der Waals surface area contributed by atoms with Gasteiger partial charge in [0.25, 0.3) is 5.89 Å². The molecule has 0 unspecified atom stereocenters. The second-order valence-electron chi connectivity index (χ2n) is 4.43. The Balaban J connectivity index is 1.81. The van der Waals surface area contributed by atoms with E-state index in [1.165, 1.54) is 0 Å². The van der Waals surface area contributed by atoms with Gasteiger partial charge in [-0.05, 0) is 23.8 Å². The summed E-state index contributed by atoms with van der Waals surface area (Å²) in [4.78, 5) is 8.47. The minimum absolute atomic E-state index is 0.438. The summed E-state index contributed by atoms with van der Waals surface area (Å²) >= 11 is 3.41. The van der Waals surface area contributed by atoms with Gasteiger partial charge < -0.3 is 9.26 Å². The van der Waals surface area contributed by atoms with Gasteiger partial charge >= 0.3 is 0 Å². The van der Waals surface area contributed by atoms with Gasteiger partial charge in [0.15, 0.2) is 5.82 Å². The summed E-state index contributed by atoms with van der Waals surface area (Å²) in [5, 5.41) is 4.00. The van der Waals surface area contributed by atoms with E-state index in [1.807, 2.05) is 30.3 Å². The summed E-state index contributed by atoms with van der Waals surface area (Å²) in [5.41, 5.74) is 1.86. The van der Waals surface area contributed by atoms with E-state index >= 15 is 0 Å². The fourth-order valence-corrected chi connectivity index (χ4v) is 2.14. The number of pyridine rings is 1. The van der Waals surface area contributed by atoms with Crippen molar-refractivity contribution < 1.29 is 9.26 Å². The molecule has 0 aliphatic rings. The number of nitrogens with zero attached hydrogens (tertiary/aromatic N) is 3. The zero-order chi connectivity index (χ0) is 14.7. The zero-order valence-electron chi connectivity index (χ0n) is 11.3. The van der Waals surface area contributed by atoms with Gasteiger partial charge in [0.1, 0.15) is 5.75 Å². The number of hydrogen-bond acceptors (Lipinski definition) is 5. The molecule has 106 valence electrons. The highest BCUT2D eigenvalue weighted by Gasteiger charge is 2.10. The van der Waals surface area contributed by atoms with Crippen molar-refractivity contribution >= 4 is 15.9 Å². The van der Waals surface area contributed by atoms with Crippen LogP contribution in [0.2, 0.25) is 0 Å². The van der Waals surface area contributed by atoms with Crippen molar-refractivity contribution in [2.24, 2.45) is 0 Å². The lowest BCUT2D eigenvalue weighted by Gasteiger charge is -1.99. The van der Waals surface area contributed by atoms with Crippen molar-refractivity contribution in [3.8, 4) is 17.2 Å². The topological polar surface area (TPSA) is 61.0 Å². The van der Waals surface area contributed by atoms with Crippen molar-refractivity contribution in [3.63, 3.8) is 0 Å². The molecule has 0 radical (unpaired) electrons. The molecule has 6 heteroatoms. The van der Waals surface area contributed by atoms with Crippen LogP contribution in [0.3, 0.4) is 0 Å². The summed E-state index contributed by atoms with van der Waals surface area (Å²) in [6, 6.07) is 9.83. The lowest BCUT2D eigenvalue weighted by atomic mass is 10.1. The average Bonchev–Trinajstić information content (AvgIpc) is 2.98. The Labute approximate surface area is 130 Å². The van der Waals surface area contributed by atoms with Gasteiger partial charge in [0, 0.05) is 17.1 Å². The monoisotopic (exact) mass is 345 g/mol. The molecule has 0 aliphatic heterocycles. The van der Waals surface area contributed by atoms with Crippen LogP contribution < -0.4 is 4.74 Å². The predicted octanol–water partition coefficient (Wildman–Crippen LogP) is 3.49. The van der Waals surface area contributed by atoms with E-state index in [-0.39, 0.29) is 0 Å². The van der Waals surface area contributed by atoms with Crippen molar-refractivity contribution in [1.82, 2.24) is 15.1 Å². The number of benzene rings is 1. The first-order valence-corrected chi connectivity index (χ1v) is 7.10. The van der Waals surface area contributed by atoms with Crippen LogP contribution in [0.4, 0.5) is 0 Å². The summed E-state index contributed by atoms with van der Waals surface area (Å²) in [6.45, 7) is 0. The first kappa shape index (κ1) is 13.8. The fourth-order valence-electron chi connectivity index (χ4n) is 1.88. The SMILES string of the molecule is COc1cncc(-c2nc(Cc3ccc(Br)cc3)no2)c1. The Hall–Kier alpha value is -2.21. The standard InChI is InChI=1S/C15H12BrN3O2/c1-20-13-7-11(8-17-9-13)15-18-14(19-21-15)6-10-2-4-12(16)5-3-10/h2-5,7-9H,6H2,1H3. The molecule has 0 atom stereocenters. The number of methoxy groups -OCH3 is 1. The second-order valence-corrected chi connectivity index (χ2v) is 5.35. The minimum atomic E-state index is 0.438. The normalized spacial score (nSPS) is 10.6. The van der Waals surface area contributed by atoms with E-state index in [1.54, 1.807) is 19.5 Å². The van der Waals surface area contributed by atoms with E-state index in [0.717, 1.165) is 15.6 Å². The predicted molar refractivity (Wildman–Crippen MR) is 81.0 cm³/mol. The Morgan fingerprint density at radius 1 is 1.19 bits per heavy atom. The molecule has 0 saturated carbocycles. The second kappa shape index (κ2) is 6.05. The van der Waals surface area contributed by atoms with Gasteiger partial charge in [-0.1, -0.05) is 33.2 Å². The average molecular weight is 346 g/mol. The third-order valence-corrected chi connectivity index (χ3v) is 3.47. The molecule has 0 fully saturated rings.